The monoisotopic (exact) mass is 281 g/mol. The van der Waals surface area contributed by atoms with Crippen molar-refractivity contribution in [2.75, 3.05) is 6.54 Å². The van der Waals surface area contributed by atoms with Crippen LogP contribution in [-0.4, -0.2) is 23.7 Å². The van der Waals surface area contributed by atoms with Crippen LogP contribution < -0.4 is 5.32 Å². The van der Waals surface area contributed by atoms with E-state index in [2.05, 4.69) is 41.7 Å². The molecule has 1 heterocycles. The molecule has 0 radical (unpaired) electrons. The van der Waals surface area contributed by atoms with Crippen molar-refractivity contribution in [1.82, 2.24) is 5.32 Å². The van der Waals surface area contributed by atoms with Crippen molar-refractivity contribution in [3.05, 3.63) is 60.2 Å². The highest BCUT2D eigenvalue weighted by Gasteiger charge is 2.28. The molecule has 21 heavy (non-hydrogen) atoms. The summed E-state index contributed by atoms with van der Waals surface area (Å²) in [5.41, 5.74) is 3.71. The fourth-order valence-corrected chi connectivity index (χ4v) is 2.95. The van der Waals surface area contributed by atoms with Gasteiger partial charge in [-0.05, 0) is 42.0 Å². The van der Waals surface area contributed by atoms with Crippen LogP contribution >= 0.6 is 0 Å². The Balaban J connectivity index is 1.64. The van der Waals surface area contributed by atoms with E-state index in [0.29, 0.717) is 5.92 Å². The minimum absolute atomic E-state index is 0.376. The van der Waals surface area contributed by atoms with Gasteiger partial charge in [0.2, 0.25) is 0 Å². The van der Waals surface area contributed by atoms with Crippen LogP contribution in [-0.2, 0) is 11.2 Å². The molecule has 2 aromatic rings. The quantitative estimate of drug-likeness (QED) is 0.906. The molecule has 1 saturated heterocycles. The standard InChI is InChI=1S/C18H19NO2/c20-18(21)17-11-14(12-19-17)10-13-6-8-16(9-7-13)15-4-2-1-3-5-15/h1-9,14,17,19H,10-12H2,(H,20,21)/t14-,17+/m1/s1. The first kappa shape index (κ1) is 13.8. The molecule has 3 rings (SSSR count). The highest BCUT2D eigenvalue weighted by atomic mass is 16.4. The lowest BCUT2D eigenvalue weighted by molar-refractivity contribution is -0.139. The van der Waals surface area contributed by atoms with E-state index in [9.17, 15) is 4.79 Å². The number of carbonyl (C=O) groups is 1. The number of aliphatic carboxylic acids is 1. The Morgan fingerprint density at radius 1 is 1.05 bits per heavy atom. The third-order valence-corrected chi connectivity index (χ3v) is 4.11. The van der Waals surface area contributed by atoms with Gasteiger partial charge in [0.25, 0.3) is 0 Å². The van der Waals surface area contributed by atoms with Crippen LogP contribution in [0.2, 0.25) is 0 Å². The lowest BCUT2D eigenvalue weighted by Gasteiger charge is -2.09. The molecule has 2 atom stereocenters. The Morgan fingerprint density at radius 3 is 2.33 bits per heavy atom. The van der Waals surface area contributed by atoms with Crippen molar-refractivity contribution in [1.29, 1.82) is 0 Å². The fourth-order valence-electron chi connectivity index (χ4n) is 2.95. The largest absolute Gasteiger partial charge is 0.480 e. The Kier molecular flexibility index (Phi) is 4.02. The molecule has 0 aliphatic carbocycles. The first-order valence-electron chi connectivity index (χ1n) is 7.33. The number of hydrogen-bond acceptors (Lipinski definition) is 2. The second-order valence-corrected chi connectivity index (χ2v) is 5.67. The van der Waals surface area contributed by atoms with Gasteiger partial charge in [0.05, 0.1) is 0 Å². The van der Waals surface area contributed by atoms with Gasteiger partial charge in [0, 0.05) is 0 Å². The Hall–Kier alpha value is -2.13. The van der Waals surface area contributed by atoms with Crippen LogP contribution in [0, 0.1) is 5.92 Å². The van der Waals surface area contributed by atoms with Crippen LogP contribution in [0.1, 0.15) is 12.0 Å². The van der Waals surface area contributed by atoms with Crippen LogP contribution in [0.25, 0.3) is 11.1 Å². The minimum Gasteiger partial charge on any atom is -0.480 e. The number of carboxylic acids is 1. The van der Waals surface area contributed by atoms with Crippen molar-refractivity contribution in [2.24, 2.45) is 5.92 Å². The van der Waals surface area contributed by atoms with Crippen LogP contribution in [0.4, 0.5) is 0 Å². The lowest BCUT2D eigenvalue weighted by atomic mass is 9.95. The van der Waals surface area contributed by atoms with Gasteiger partial charge < -0.3 is 10.4 Å². The summed E-state index contributed by atoms with van der Waals surface area (Å²) in [5, 5.41) is 12.1. The molecule has 3 heteroatoms. The van der Waals surface area contributed by atoms with E-state index in [0.717, 1.165) is 19.4 Å². The van der Waals surface area contributed by atoms with E-state index in [4.69, 9.17) is 5.11 Å². The summed E-state index contributed by atoms with van der Waals surface area (Å²) < 4.78 is 0. The molecule has 0 saturated carbocycles. The molecule has 0 spiro atoms. The van der Waals surface area contributed by atoms with Crippen molar-refractivity contribution < 1.29 is 9.90 Å². The zero-order valence-electron chi connectivity index (χ0n) is 11.8. The molecule has 108 valence electrons. The van der Waals surface area contributed by atoms with Gasteiger partial charge in [-0.1, -0.05) is 54.6 Å². The topological polar surface area (TPSA) is 49.3 Å². The minimum atomic E-state index is -0.739. The van der Waals surface area contributed by atoms with E-state index in [1.807, 2.05) is 18.2 Å². The third-order valence-electron chi connectivity index (χ3n) is 4.11. The Morgan fingerprint density at radius 2 is 1.71 bits per heavy atom. The maximum atomic E-state index is 10.9. The molecule has 1 fully saturated rings. The molecule has 2 aromatic carbocycles. The van der Waals surface area contributed by atoms with E-state index in [1.165, 1.54) is 16.7 Å². The lowest BCUT2D eigenvalue weighted by Crippen LogP contribution is -2.29. The third kappa shape index (κ3) is 3.31. The predicted octanol–water partition coefficient (Wildman–Crippen LogP) is 2.96. The fraction of sp³-hybridized carbons (Fsp3) is 0.278. The van der Waals surface area contributed by atoms with Gasteiger partial charge in [-0.3, -0.25) is 4.79 Å². The van der Waals surface area contributed by atoms with Gasteiger partial charge in [-0.15, -0.1) is 0 Å². The Bertz CT molecular complexity index is 607. The van der Waals surface area contributed by atoms with Gasteiger partial charge in [0.15, 0.2) is 0 Å². The maximum absolute atomic E-state index is 10.9. The van der Waals surface area contributed by atoms with Gasteiger partial charge >= 0.3 is 5.97 Å². The molecular weight excluding hydrogens is 262 g/mol. The smallest absolute Gasteiger partial charge is 0.320 e. The summed E-state index contributed by atoms with van der Waals surface area (Å²) in [6.45, 7) is 0.789. The van der Waals surface area contributed by atoms with Crippen molar-refractivity contribution in [2.45, 2.75) is 18.9 Å². The number of hydrogen-bond donors (Lipinski definition) is 2. The van der Waals surface area contributed by atoms with E-state index in [-0.39, 0.29) is 6.04 Å². The van der Waals surface area contributed by atoms with Crippen molar-refractivity contribution in [3.63, 3.8) is 0 Å². The second kappa shape index (κ2) is 6.10. The molecule has 1 aliphatic rings. The summed E-state index contributed by atoms with van der Waals surface area (Å²) in [7, 11) is 0. The molecule has 1 aliphatic heterocycles. The summed E-state index contributed by atoms with van der Waals surface area (Å²) in [6.07, 6.45) is 1.65. The molecule has 0 unspecified atom stereocenters. The van der Waals surface area contributed by atoms with Gasteiger partial charge in [-0.2, -0.15) is 0 Å². The summed E-state index contributed by atoms with van der Waals surface area (Å²) in [4.78, 5) is 10.9. The molecule has 2 N–H and O–H groups in total. The molecular formula is C18H19NO2. The van der Waals surface area contributed by atoms with E-state index in [1.54, 1.807) is 0 Å². The Labute approximate surface area is 124 Å². The van der Waals surface area contributed by atoms with Crippen molar-refractivity contribution >= 4 is 5.97 Å². The normalized spacial score (nSPS) is 21.3. The zero-order valence-corrected chi connectivity index (χ0v) is 11.8. The number of benzene rings is 2. The average molecular weight is 281 g/mol. The number of nitrogens with one attached hydrogen (secondary N) is 1. The highest BCUT2D eigenvalue weighted by molar-refractivity contribution is 5.73. The number of carboxylic acid groups (broad SMARTS) is 1. The van der Waals surface area contributed by atoms with Crippen molar-refractivity contribution in [3.8, 4) is 11.1 Å². The average Bonchev–Trinajstić information content (AvgIpc) is 2.98. The second-order valence-electron chi connectivity index (χ2n) is 5.67. The first-order chi connectivity index (χ1) is 10.2. The predicted molar refractivity (Wildman–Crippen MR) is 83.1 cm³/mol. The zero-order chi connectivity index (χ0) is 14.7. The van der Waals surface area contributed by atoms with E-state index < -0.39 is 5.97 Å². The molecule has 3 nitrogen and oxygen atoms in total. The summed E-state index contributed by atoms with van der Waals surface area (Å²) in [6, 6.07) is 18.5. The van der Waals surface area contributed by atoms with Crippen LogP contribution in [0.15, 0.2) is 54.6 Å². The summed E-state index contributed by atoms with van der Waals surface area (Å²) >= 11 is 0. The SMILES string of the molecule is O=C(O)[C@@H]1C[C@@H](Cc2ccc(-c3ccccc3)cc2)CN1. The molecule has 0 bridgehead atoms. The highest BCUT2D eigenvalue weighted by Crippen LogP contribution is 2.23. The summed E-state index contributed by atoms with van der Waals surface area (Å²) in [5.74, 6) is -0.328. The maximum Gasteiger partial charge on any atom is 0.320 e. The molecule has 0 aromatic heterocycles. The van der Waals surface area contributed by atoms with Crippen LogP contribution in [0.3, 0.4) is 0 Å². The van der Waals surface area contributed by atoms with Gasteiger partial charge in [-0.25, -0.2) is 0 Å². The van der Waals surface area contributed by atoms with Gasteiger partial charge in [0.1, 0.15) is 6.04 Å². The first-order valence-corrected chi connectivity index (χ1v) is 7.33. The molecule has 0 amide bonds. The van der Waals surface area contributed by atoms with E-state index >= 15 is 0 Å². The van der Waals surface area contributed by atoms with Crippen LogP contribution in [0.5, 0.6) is 0 Å². The number of rotatable bonds is 4.